The van der Waals surface area contributed by atoms with Gasteiger partial charge < -0.3 is 19.8 Å². The van der Waals surface area contributed by atoms with Crippen LogP contribution in [0.1, 0.15) is 84.3 Å². The maximum Gasteiger partial charge on any atom is 0.225 e. The largest absolute Gasteiger partial charge is 0.392 e. The smallest absolute Gasteiger partial charge is 0.225 e. The number of likely N-dealkylation sites (N-methyl/N-ethyl adjacent to an activating group) is 1. The van der Waals surface area contributed by atoms with Crippen LogP contribution in [0.15, 0.2) is 11.0 Å². The quantitative estimate of drug-likeness (QED) is 0.561. The van der Waals surface area contributed by atoms with Crippen LogP contribution in [0.3, 0.4) is 0 Å². The lowest BCUT2D eigenvalue weighted by Crippen LogP contribution is -2.47. The highest BCUT2D eigenvalue weighted by Crippen LogP contribution is 2.45. The van der Waals surface area contributed by atoms with Crippen LogP contribution < -0.4 is 0 Å². The number of nitrogens with zero attached hydrogens (tertiary/aromatic N) is 2. The summed E-state index contributed by atoms with van der Waals surface area (Å²) in [5.41, 5.74) is 0.454. The third kappa shape index (κ3) is 6.26. The van der Waals surface area contributed by atoms with Crippen LogP contribution in [0.25, 0.3) is 6.08 Å². The third-order valence-corrected chi connectivity index (χ3v) is 9.34. The molecule has 3 heterocycles. The number of thiazole rings is 1. The van der Waals surface area contributed by atoms with E-state index in [1.165, 1.54) is 0 Å². The third-order valence-electron chi connectivity index (χ3n) is 8.55. The number of ketones is 1. The van der Waals surface area contributed by atoms with Gasteiger partial charge in [-0.25, -0.2) is 4.98 Å². The lowest BCUT2D eigenvalue weighted by atomic mass is 9.72. The van der Waals surface area contributed by atoms with E-state index in [1.54, 1.807) is 44.1 Å². The second kappa shape index (κ2) is 11.0. The Hall–Kier alpha value is -1.61. The van der Waals surface area contributed by atoms with Crippen molar-refractivity contribution in [2.24, 2.45) is 17.3 Å². The van der Waals surface area contributed by atoms with E-state index in [4.69, 9.17) is 4.74 Å². The van der Waals surface area contributed by atoms with Gasteiger partial charge in [0.05, 0.1) is 52.5 Å². The Morgan fingerprint density at radius 3 is 2.53 bits per heavy atom. The molecule has 2 fully saturated rings. The summed E-state index contributed by atoms with van der Waals surface area (Å²) in [5.74, 6) is -1.14. The molecule has 7 nitrogen and oxygen atoms in total. The molecule has 0 aromatic carbocycles. The van der Waals surface area contributed by atoms with Gasteiger partial charge in [-0.3, -0.25) is 9.59 Å². The summed E-state index contributed by atoms with van der Waals surface area (Å²) < 4.78 is 6.16. The summed E-state index contributed by atoms with van der Waals surface area (Å²) in [6.45, 7) is 13.1. The van der Waals surface area contributed by atoms with Crippen LogP contribution in [-0.4, -0.2) is 68.8 Å². The van der Waals surface area contributed by atoms with Crippen LogP contribution >= 0.6 is 11.3 Å². The van der Waals surface area contributed by atoms with Crippen molar-refractivity contribution in [2.45, 2.75) is 111 Å². The number of hydrogen-bond acceptors (Lipinski definition) is 7. The Balaban J connectivity index is 1.91. The van der Waals surface area contributed by atoms with E-state index in [1.807, 2.05) is 32.2 Å². The highest BCUT2D eigenvalue weighted by atomic mass is 32.1. The molecule has 3 rings (SSSR count). The molecular weight excluding hydrogens is 476 g/mol. The number of carbonyl (C=O) groups excluding carboxylic acids is 2. The maximum absolute atomic E-state index is 13.4. The molecule has 202 valence electrons. The van der Waals surface area contributed by atoms with E-state index in [2.05, 4.69) is 11.9 Å². The standard InChI is InChI=1S/C28H44N2O5S/c1-16-10-9-11-28(7)23(35-28)13-21(17(2)12-20-15-36-19(4)29-20)30(8)24(32)14-22(31)27(5,6)26(34)18(3)25(16)33/h12,15-16,18,21-23,25,31,33H,9-11,13-14H2,1-8H3/b17-12+/t16-,18+,21-,22-,23+,25-,28+/m1/s1. The van der Waals surface area contributed by atoms with Gasteiger partial charge in [0.2, 0.25) is 5.91 Å². The van der Waals surface area contributed by atoms with Crippen molar-refractivity contribution < 1.29 is 24.5 Å². The molecule has 0 bridgehead atoms. The Morgan fingerprint density at radius 1 is 1.25 bits per heavy atom. The second-order valence-electron chi connectivity index (χ2n) is 11.8. The molecule has 7 atom stereocenters. The zero-order valence-corrected chi connectivity index (χ0v) is 23.9. The fourth-order valence-electron chi connectivity index (χ4n) is 5.52. The summed E-state index contributed by atoms with van der Waals surface area (Å²) in [4.78, 5) is 33.0. The average molecular weight is 521 g/mol. The highest BCUT2D eigenvalue weighted by molar-refractivity contribution is 7.09. The topological polar surface area (TPSA) is 103 Å². The van der Waals surface area contributed by atoms with Crippen molar-refractivity contribution in [2.75, 3.05) is 7.05 Å². The number of aliphatic hydroxyl groups is 2. The molecular formula is C28H44N2O5S. The number of aromatic nitrogens is 1. The first-order valence-corrected chi connectivity index (χ1v) is 14.0. The zero-order valence-electron chi connectivity index (χ0n) is 23.1. The van der Waals surface area contributed by atoms with E-state index >= 15 is 0 Å². The summed E-state index contributed by atoms with van der Waals surface area (Å²) in [6, 6.07) is -0.218. The monoisotopic (exact) mass is 520 g/mol. The molecule has 0 unspecified atom stereocenters. The molecule has 2 aliphatic rings. The Morgan fingerprint density at radius 2 is 1.92 bits per heavy atom. The number of Topliss-reactive ketones (excluding diaryl/α,β-unsaturated/α-hetero) is 1. The first kappa shape index (κ1) is 29.0. The number of aryl methyl sites for hydroxylation is 1. The van der Waals surface area contributed by atoms with E-state index in [-0.39, 0.29) is 41.8 Å². The van der Waals surface area contributed by atoms with Gasteiger partial charge in [-0.15, -0.1) is 11.3 Å². The van der Waals surface area contributed by atoms with Crippen molar-refractivity contribution in [3.63, 3.8) is 0 Å². The zero-order chi connectivity index (χ0) is 27.0. The summed E-state index contributed by atoms with van der Waals surface area (Å²) in [6.07, 6.45) is 3.09. The van der Waals surface area contributed by atoms with E-state index in [0.717, 1.165) is 35.5 Å². The van der Waals surface area contributed by atoms with Gasteiger partial charge in [-0.05, 0) is 51.2 Å². The van der Waals surface area contributed by atoms with Gasteiger partial charge >= 0.3 is 0 Å². The molecule has 0 saturated carbocycles. The predicted octanol–water partition coefficient (Wildman–Crippen LogP) is 4.39. The van der Waals surface area contributed by atoms with Gasteiger partial charge in [0.25, 0.3) is 0 Å². The van der Waals surface area contributed by atoms with Crippen LogP contribution in [0.4, 0.5) is 0 Å². The number of amides is 1. The normalized spacial score (nSPS) is 37.1. The molecule has 0 aliphatic carbocycles. The highest BCUT2D eigenvalue weighted by Gasteiger charge is 2.53. The number of aliphatic hydroxyl groups excluding tert-OH is 2. The van der Waals surface area contributed by atoms with Crippen molar-refractivity contribution in [3.8, 4) is 0 Å². The van der Waals surface area contributed by atoms with E-state index in [0.29, 0.717) is 6.42 Å². The fourth-order valence-corrected chi connectivity index (χ4v) is 6.09. The fraction of sp³-hybridized carbons (Fsp3) is 0.750. The molecule has 1 aromatic heterocycles. The van der Waals surface area contributed by atoms with Crippen LogP contribution in [0.2, 0.25) is 0 Å². The van der Waals surface area contributed by atoms with Gasteiger partial charge in [-0.1, -0.05) is 34.1 Å². The molecule has 2 saturated heterocycles. The predicted molar refractivity (Wildman–Crippen MR) is 143 cm³/mol. The van der Waals surface area contributed by atoms with Gasteiger partial charge in [0.15, 0.2) is 0 Å². The first-order valence-electron chi connectivity index (χ1n) is 13.1. The number of hydrogen-bond donors (Lipinski definition) is 2. The van der Waals surface area contributed by atoms with Crippen molar-refractivity contribution in [1.82, 2.24) is 9.88 Å². The summed E-state index contributed by atoms with van der Waals surface area (Å²) >= 11 is 1.59. The number of epoxide rings is 1. The molecule has 2 aliphatic heterocycles. The van der Waals surface area contributed by atoms with E-state index < -0.39 is 23.5 Å². The second-order valence-corrected chi connectivity index (χ2v) is 12.9. The van der Waals surface area contributed by atoms with Crippen LogP contribution in [0.5, 0.6) is 0 Å². The van der Waals surface area contributed by atoms with Gasteiger partial charge in [-0.2, -0.15) is 0 Å². The minimum atomic E-state index is -1.16. The van der Waals surface area contributed by atoms with Crippen LogP contribution in [-0.2, 0) is 14.3 Å². The molecule has 36 heavy (non-hydrogen) atoms. The molecule has 8 heteroatoms. The number of ether oxygens (including phenoxy) is 1. The lowest BCUT2D eigenvalue weighted by molar-refractivity contribution is -0.145. The number of carbonyl (C=O) groups is 2. The molecule has 1 aromatic rings. The molecule has 0 radical (unpaired) electrons. The minimum Gasteiger partial charge on any atom is -0.392 e. The van der Waals surface area contributed by atoms with E-state index in [9.17, 15) is 19.8 Å². The Bertz CT molecular complexity index is 988. The summed E-state index contributed by atoms with van der Waals surface area (Å²) in [5, 5.41) is 24.9. The summed E-state index contributed by atoms with van der Waals surface area (Å²) in [7, 11) is 1.76. The van der Waals surface area contributed by atoms with Crippen molar-refractivity contribution in [3.05, 3.63) is 21.7 Å². The van der Waals surface area contributed by atoms with Gasteiger partial charge in [0.1, 0.15) is 5.78 Å². The Kier molecular flexibility index (Phi) is 8.86. The maximum atomic E-state index is 13.4. The Labute approximate surface area is 219 Å². The number of rotatable bonds is 2. The molecule has 1 amide bonds. The average Bonchev–Trinajstić information content (AvgIpc) is 3.27. The SMILES string of the molecule is C/C(=C\c1csc(C)n1)[C@H]1C[C@@H]2O[C@@]2(C)CCC[C@@H](C)[C@@H](O)[C@H](C)C(=O)C(C)(C)[C@H](O)CC(=O)N1C. The molecule has 2 N–H and O–H groups in total. The van der Waals surface area contributed by atoms with Crippen molar-refractivity contribution >= 4 is 29.1 Å². The number of fused-ring (bicyclic) bond motifs is 1. The van der Waals surface area contributed by atoms with Crippen molar-refractivity contribution in [1.29, 1.82) is 0 Å². The van der Waals surface area contributed by atoms with Gasteiger partial charge in [0, 0.05) is 24.8 Å². The lowest BCUT2D eigenvalue weighted by Gasteiger charge is -2.36. The minimum absolute atomic E-state index is 0.0215. The molecule has 0 spiro atoms. The first-order chi connectivity index (χ1) is 16.7. The van der Waals surface area contributed by atoms with Crippen LogP contribution in [0, 0.1) is 24.2 Å².